The molecule has 2 N–H and O–H groups in total. The fourth-order valence-electron chi connectivity index (χ4n) is 9.03. The Kier molecular flexibility index (Phi) is 5.98. The van der Waals surface area contributed by atoms with E-state index in [1.54, 1.807) is 13.0 Å². The second-order valence-electron chi connectivity index (χ2n) is 13.7. The van der Waals surface area contributed by atoms with Crippen molar-refractivity contribution in [2.24, 2.45) is 38.7 Å². The molecule has 3 fully saturated rings. The first kappa shape index (κ1) is 27.0. The molecule has 0 aromatic heterocycles. The Hall–Kier alpha value is -2.63. The third-order valence-corrected chi connectivity index (χ3v) is 11.9. The molecule has 5 rings (SSSR count). The summed E-state index contributed by atoms with van der Waals surface area (Å²) in [7, 11) is 0. The molecule has 0 aromatic carbocycles. The molecule has 6 heteroatoms. The van der Waals surface area contributed by atoms with Gasteiger partial charge < -0.3 is 15.2 Å². The van der Waals surface area contributed by atoms with Crippen molar-refractivity contribution in [3.8, 4) is 0 Å². The van der Waals surface area contributed by atoms with E-state index in [1.165, 1.54) is 5.57 Å². The summed E-state index contributed by atoms with van der Waals surface area (Å²) >= 11 is 0. The predicted molar refractivity (Wildman–Crippen MR) is 146 cm³/mol. The number of nitrogens with two attached hydrogens (primary N) is 1. The van der Waals surface area contributed by atoms with E-state index < -0.39 is 11.6 Å². The lowest BCUT2D eigenvalue weighted by molar-refractivity contribution is -0.167. The van der Waals surface area contributed by atoms with Gasteiger partial charge in [0.1, 0.15) is 0 Å². The summed E-state index contributed by atoms with van der Waals surface area (Å²) in [4.78, 5) is 37.8. The van der Waals surface area contributed by atoms with Crippen molar-refractivity contribution in [2.45, 2.75) is 93.4 Å². The second kappa shape index (κ2) is 8.43. The van der Waals surface area contributed by atoms with Crippen LogP contribution >= 0.6 is 0 Å². The standard InChI is InChI=1S/C32H43NO5/c1-8-37-27(36)38-25-19(2)20-9-10-23-30(5,21(20)17-22(25)34)14-16-32(7)24-18-29(4,26(33)35)12-11-28(24,3)13-15-31(23,32)6/h9-10,17,24H,8,11-16,18H2,1-7H3,(H2,33,35)/t24-,28?,29-,30+,31-,32+/m1/s1. The zero-order chi connectivity index (χ0) is 27.9. The molecule has 3 saturated carbocycles. The SMILES string of the molecule is CCOC(=O)OC1=C(C)C2=CC=C3[C@@](C)(CC[C@@]4(C)[C@@H]5C[C@](C)(C(N)=O)CCC5(C)CC[C@]34C)C2=CC1=O. The van der Waals surface area contributed by atoms with Crippen molar-refractivity contribution in [3.05, 3.63) is 46.3 Å². The molecule has 0 bridgehead atoms. The van der Waals surface area contributed by atoms with Gasteiger partial charge in [-0.25, -0.2) is 4.79 Å². The Morgan fingerprint density at radius 1 is 1.00 bits per heavy atom. The summed E-state index contributed by atoms with van der Waals surface area (Å²) in [5.41, 5.74) is 9.38. The number of hydrogen-bond donors (Lipinski definition) is 1. The zero-order valence-electron chi connectivity index (χ0n) is 24.1. The fraction of sp³-hybridized carbons (Fsp3) is 0.656. The van der Waals surface area contributed by atoms with Gasteiger partial charge in [-0.1, -0.05) is 52.3 Å². The van der Waals surface area contributed by atoms with Crippen molar-refractivity contribution in [3.63, 3.8) is 0 Å². The van der Waals surface area contributed by atoms with Gasteiger partial charge >= 0.3 is 6.16 Å². The van der Waals surface area contributed by atoms with Crippen LogP contribution < -0.4 is 5.73 Å². The van der Waals surface area contributed by atoms with Crippen LogP contribution in [0.25, 0.3) is 0 Å². The lowest BCUT2D eigenvalue weighted by atomic mass is 9.34. The first-order valence-electron chi connectivity index (χ1n) is 14.2. The third-order valence-electron chi connectivity index (χ3n) is 11.9. The third kappa shape index (κ3) is 3.47. The van der Waals surface area contributed by atoms with Gasteiger partial charge in [0.2, 0.25) is 11.7 Å². The van der Waals surface area contributed by atoms with Gasteiger partial charge in [0.15, 0.2) is 5.76 Å². The minimum atomic E-state index is -0.854. The van der Waals surface area contributed by atoms with Crippen LogP contribution in [0.15, 0.2) is 46.3 Å². The molecule has 6 nitrogen and oxygen atoms in total. The summed E-state index contributed by atoms with van der Waals surface area (Å²) < 4.78 is 10.2. The van der Waals surface area contributed by atoms with Crippen molar-refractivity contribution < 1.29 is 23.9 Å². The largest absolute Gasteiger partial charge is 0.513 e. The number of carbonyl (C=O) groups excluding carboxylic acids is 3. The van der Waals surface area contributed by atoms with Crippen LogP contribution in [0.2, 0.25) is 0 Å². The molecular formula is C32H43NO5. The molecule has 0 spiro atoms. The summed E-state index contributed by atoms with van der Waals surface area (Å²) in [5.74, 6) is -0.0185. The van der Waals surface area contributed by atoms with Gasteiger partial charge in [-0.15, -0.1) is 0 Å². The Balaban J connectivity index is 1.58. The highest BCUT2D eigenvalue weighted by molar-refractivity contribution is 6.08. The van der Waals surface area contributed by atoms with E-state index in [2.05, 4.69) is 46.8 Å². The Morgan fingerprint density at radius 2 is 1.68 bits per heavy atom. The number of allylic oxidation sites excluding steroid dienone is 7. The molecule has 1 amide bonds. The molecule has 5 aliphatic rings. The van der Waals surface area contributed by atoms with Gasteiger partial charge in [-0.2, -0.15) is 0 Å². The van der Waals surface area contributed by atoms with Crippen LogP contribution in [-0.4, -0.2) is 24.5 Å². The van der Waals surface area contributed by atoms with E-state index in [4.69, 9.17) is 15.2 Å². The van der Waals surface area contributed by atoms with Gasteiger partial charge in [0.05, 0.1) is 6.61 Å². The highest BCUT2D eigenvalue weighted by atomic mass is 16.7. The number of ketones is 1. The molecule has 0 saturated heterocycles. The normalized spacial score (nSPS) is 41.9. The van der Waals surface area contributed by atoms with E-state index in [9.17, 15) is 14.4 Å². The van der Waals surface area contributed by atoms with Crippen molar-refractivity contribution in [1.82, 2.24) is 0 Å². The first-order valence-corrected chi connectivity index (χ1v) is 14.2. The van der Waals surface area contributed by atoms with E-state index in [0.717, 1.165) is 56.1 Å². The van der Waals surface area contributed by atoms with Crippen LogP contribution in [-0.2, 0) is 19.1 Å². The number of hydrogen-bond acceptors (Lipinski definition) is 5. The second-order valence-corrected chi connectivity index (χ2v) is 13.7. The van der Waals surface area contributed by atoms with E-state index in [0.29, 0.717) is 11.5 Å². The van der Waals surface area contributed by atoms with Gasteiger partial charge in [0.25, 0.3) is 0 Å². The number of ether oxygens (including phenoxy) is 2. The quantitative estimate of drug-likeness (QED) is 0.416. The summed E-state index contributed by atoms with van der Waals surface area (Å²) in [6.07, 6.45) is 12.1. The van der Waals surface area contributed by atoms with Gasteiger partial charge in [-0.05, 0) is 98.2 Å². The van der Waals surface area contributed by atoms with Crippen LogP contribution in [0, 0.1) is 33.0 Å². The summed E-state index contributed by atoms with van der Waals surface area (Å²) in [5, 5.41) is 0. The average molecular weight is 522 g/mol. The maximum absolute atomic E-state index is 13.2. The number of primary amides is 1. The molecule has 6 atom stereocenters. The van der Waals surface area contributed by atoms with Gasteiger partial charge in [-0.3, -0.25) is 9.59 Å². The number of carbonyl (C=O) groups is 3. The molecule has 206 valence electrons. The maximum atomic E-state index is 13.2. The minimum absolute atomic E-state index is 0.0100. The molecule has 0 aliphatic heterocycles. The number of amides is 1. The topological polar surface area (TPSA) is 95.7 Å². The highest BCUT2D eigenvalue weighted by Crippen LogP contribution is 2.75. The van der Waals surface area contributed by atoms with Crippen LogP contribution in [0.5, 0.6) is 0 Å². The van der Waals surface area contributed by atoms with Crippen molar-refractivity contribution >= 4 is 17.8 Å². The Morgan fingerprint density at radius 3 is 2.34 bits per heavy atom. The first-order chi connectivity index (χ1) is 17.7. The Bertz CT molecular complexity index is 1250. The Labute approximate surface area is 226 Å². The van der Waals surface area contributed by atoms with E-state index in [1.807, 2.05) is 6.92 Å². The number of rotatable bonds is 3. The van der Waals surface area contributed by atoms with E-state index in [-0.39, 0.29) is 45.7 Å². The lowest BCUT2D eigenvalue weighted by Gasteiger charge is -2.70. The average Bonchev–Trinajstić information content (AvgIpc) is 2.85. The van der Waals surface area contributed by atoms with Gasteiger partial charge in [0, 0.05) is 16.4 Å². The van der Waals surface area contributed by atoms with E-state index >= 15 is 0 Å². The fourth-order valence-corrected chi connectivity index (χ4v) is 9.03. The van der Waals surface area contributed by atoms with Crippen molar-refractivity contribution in [1.29, 1.82) is 0 Å². The molecular weight excluding hydrogens is 478 g/mol. The lowest BCUT2D eigenvalue weighted by Crippen LogP contribution is -2.62. The molecule has 0 aromatic rings. The smallest absolute Gasteiger partial charge is 0.434 e. The maximum Gasteiger partial charge on any atom is 0.513 e. The van der Waals surface area contributed by atoms with Crippen LogP contribution in [0.4, 0.5) is 4.79 Å². The molecule has 1 unspecified atom stereocenters. The molecule has 5 aliphatic carbocycles. The monoisotopic (exact) mass is 521 g/mol. The predicted octanol–water partition coefficient (Wildman–Crippen LogP) is 6.71. The highest BCUT2D eigenvalue weighted by Gasteiger charge is 2.67. The number of fused-ring (bicyclic) bond motifs is 7. The van der Waals surface area contributed by atoms with Crippen molar-refractivity contribution in [2.75, 3.05) is 6.61 Å². The summed E-state index contributed by atoms with van der Waals surface area (Å²) in [6, 6.07) is 0. The molecule has 0 radical (unpaired) electrons. The van der Waals surface area contributed by atoms with Crippen LogP contribution in [0.1, 0.15) is 93.4 Å². The zero-order valence-corrected chi connectivity index (χ0v) is 24.1. The summed E-state index contributed by atoms with van der Waals surface area (Å²) in [6.45, 7) is 15.4. The minimum Gasteiger partial charge on any atom is -0.434 e. The molecule has 0 heterocycles. The van der Waals surface area contributed by atoms with Crippen LogP contribution in [0.3, 0.4) is 0 Å². The molecule has 38 heavy (non-hydrogen) atoms.